The van der Waals surface area contributed by atoms with Gasteiger partial charge >= 0.3 is 11.9 Å². The Hall–Kier alpha value is -1.76. The number of carbonyl (C=O) groups is 2. The van der Waals surface area contributed by atoms with Crippen LogP contribution in [0.1, 0.15) is 200 Å². The van der Waals surface area contributed by atoms with Gasteiger partial charge in [0.05, 0.1) is 19.8 Å². The molecule has 0 amide bonds. The molecule has 2 aliphatic heterocycles. The molecule has 0 aromatic rings. The molecule has 0 radical (unpaired) electrons. The fraction of sp³-hybridized carbons (Fsp3) is 0.923. The Bertz CT molecular complexity index is 1290. The van der Waals surface area contributed by atoms with E-state index in [9.17, 15) is 45.3 Å². The number of allylic oxidation sites excluding steroid dienone is 2. The summed E-state index contributed by atoms with van der Waals surface area (Å²) < 4.78 is 34.2. The fourth-order valence-corrected chi connectivity index (χ4v) is 9.24. The van der Waals surface area contributed by atoms with Crippen LogP contribution in [0.4, 0.5) is 0 Å². The van der Waals surface area contributed by atoms with Crippen molar-refractivity contribution in [1.82, 2.24) is 0 Å². The molecule has 15 heteroatoms. The van der Waals surface area contributed by atoms with Crippen LogP contribution in [0.5, 0.6) is 0 Å². The average molecular weight is 959 g/mol. The zero-order valence-corrected chi connectivity index (χ0v) is 41.4. The smallest absolute Gasteiger partial charge is 0.306 e. The Labute approximate surface area is 402 Å². The first-order valence-electron chi connectivity index (χ1n) is 26.7. The normalized spacial score (nSPS) is 29.0. The first-order chi connectivity index (χ1) is 32.5. The first kappa shape index (κ1) is 59.5. The molecule has 3 rings (SSSR count). The molecule has 3 aliphatic rings. The maximum absolute atomic E-state index is 13.1. The summed E-state index contributed by atoms with van der Waals surface area (Å²) in [5.41, 5.74) is 0. The molecule has 2 saturated heterocycles. The van der Waals surface area contributed by atoms with E-state index in [-0.39, 0.29) is 19.4 Å². The highest BCUT2D eigenvalue weighted by Crippen LogP contribution is 2.46. The average Bonchev–Trinajstić information content (AvgIpc) is 4.08. The highest BCUT2D eigenvalue weighted by atomic mass is 16.8. The Kier molecular flexibility index (Phi) is 32.2. The minimum atomic E-state index is -1.84. The van der Waals surface area contributed by atoms with E-state index in [0.29, 0.717) is 12.8 Å². The van der Waals surface area contributed by atoms with Crippen molar-refractivity contribution in [3.63, 3.8) is 0 Å². The third-order valence-electron chi connectivity index (χ3n) is 13.7. The van der Waals surface area contributed by atoms with Crippen LogP contribution >= 0.6 is 0 Å². The van der Waals surface area contributed by atoms with E-state index >= 15 is 0 Å². The molecule has 0 aromatic carbocycles. The van der Waals surface area contributed by atoms with E-state index in [1.54, 1.807) is 0 Å². The van der Waals surface area contributed by atoms with Gasteiger partial charge in [-0.1, -0.05) is 154 Å². The van der Waals surface area contributed by atoms with Crippen LogP contribution in [0.2, 0.25) is 0 Å². The maximum atomic E-state index is 13.1. The van der Waals surface area contributed by atoms with Crippen molar-refractivity contribution >= 4 is 11.9 Å². The van der Waals surface area contributed by atoms with Crippen molar-refractivity contribution in [1.29, 1.82) is 0 Å². The van der Waals surface area contributed by atoms with Gasteiger partial charge in [-0.3, -0.25) is 9.59 Å². The predicted octanol–water partition coefficient (Wildman–Crippen LogP) is 7.24. The van der Waals surface area contributed by atoms with Gasteiger partial charge in [-0.05, 0) is 56.8 Å². The summed E-state index contributed by atoms with van der Waals surface area (Å²) in [6, 6.07) is 0. The molecule has 2 heterocycles. The van der Waals surface area contributed by atoms with E-state index in [0.717, 1.165) is 69.6 Å². The number of esters is 2. The van der Waals surface area contributed by atoms with Gasteiger partial charge in [0.2, 0.25) is 0 Å². The molecule has 15 nitrogen and oxygen atoms in total. The van der Waals surface area contributed by atoms with Gasteiger partial charge in [0.25, 0.3) is 0 Å². The number of unbranched alkanes of at least 4 members (excludes halogenated alkanes) is 20. The third kappa shape index (κ3) is 24.3. The Morgan fingerprint density at radius 1 is 0.537 bits per heavy atom. The van der Waals surface area contributed by atoms with Crippen molar-refractivity contribution in [3.8, 4) is 0 Å². The van der Waals surface area contributed by atoms with Gasteiger partial charge in [0, 0.05) is 12.8 Å². The molecular weight excluding hydrogens is 865 g/mol. The summed E-state index contributed by atoms with van der Waals surface area (Å²) in [6.07, 6.45) is 19.3. The lowest BCUT2D eigenvalue weighted by atomic mass is 9.97. The minimum absolute atomic E-state index is 0.142. The summed E-state index contributed by atoms with van der Waals surface area (Å²) in [5.74, 6) is 0.881. The second-order valence-electron chi connectivity index (χ2n) is 19.6. The second-order valence-corrected chi connectivity index (χ2v) is 19.6. The van der Waals surface area contributed by atoms with Gasteiger partial charge < -0.3 is 64.2 Å². The molecule has 1 aliphatic carbocycles. The molecule has 1 saturated carbocycles. The predicted molar refractivity (Wildman–Crippen MR) is 255 cm³/mol. The van der Waals surface area contributed by atoms with E-state index < -0.39 is 99.3 Å². The van der Waals surface area contributed by atoms with Gasteiger partial charge in [-0.25, -0.2) is 0 Å². The fourth-order valence-electron chi connectivity index (χ4n) is 9.24. The lowest BCUT2D eigenvalue weighted by Crippen LogP contribution is -2.64. The van der Waals surface area contributed by atoms with Gasteiger partial charge in [-0.2, -0.15) is 0 Å². The summed E-state index contributed by atoms with van der Waals surface area (Å²) in [6.45, 7) is 2.31. The number of rotatable bonds is 40. The van der Waals surface area contributed by atoms with Crippen molar-refractivity contribution in [2.45, 2.75) is 268 Å². The molecule has 67 heavy (non-hydrogen) atoms. The molecule has 7 N–H and O–H groups in total. The summed E-state index contributed by atoms with van der Waals surface area (Å²) >= 11 is 0. The molecule has 13 atom stereocenters. The molecule has 0 spiro atoms. The van der Waals surface area contributed by atoms with Crippen LogP contribution < -0.4 is 0 Å². The quantitative estimate of drug-likeness (QED) is 0.0182. The van der Waals surface area contributed by atoms with Crippen LogP contribution in [-0.4, -0.2) is 142 Å². The SMILES string of the molecule is CCCCCCCC/C=C\CCCCCCCC(=O)O[C@H](COC(=O)CCCCCCC[C@@H]1C[C@H]1CCCCCCCC)CO[C@H]1O[C@H](CO)[C@@H](O)[C@H](O)[C@H]1O[C@H]1O[C@H](CO)[C@H](O)[C@H](O)[C@H]1O. The Morgan fingerprint density at radius 2 is 1.00 bits per heavy atom. The number of carbonyl (C=O) groups excluding carboxylic acids is 2. The zero-order chi connectivity index (χ0) is 48.7. The highest BCUT2D eigenvalue weighted by Gasteiger charge is 2.51. The van der Waals surface area contributed by atoms with Gasteiger partial charge in [0.1, 0.15) is 55.4 Å². The number of aliphatic hydroxyl groups excluding tert-OH is 7. The third-order valence-corrected chi connectivity index (χ3v) is 13.7. The van der Waals surface area contributed by atoms with Crippen molar-refractivity contribution < 1.29 is 73.8 Å². The second kappa shape index (κ2) is 36.2. The van der Waals surface area contributed by atoms with Crippen LogP contribution in [0, 0.1) is 11.8 Å². The van der Waals surface area contributed by atoms with Crippen LogP contribution in [-0.2, 0) is 38.0 Å². The largest absolute Gasteiger partial charge is 0.462 e. The lowest BCUT2D eigenvalue weighted by Gasteiger charge is -2.46. The van der Waals surface area contributed by atoms with E-state index in [2.05, 4.69) is 26.0 Å². The molecule has 392 valence electrons. The van der Waals surface area contributed by atoms with Crippen LogP contribution in [0.3, 0.4) is 0 Å². The summed E-state index contributed by atoms with van der Waals surface area (Å²) in [5, 5.41) is 72.4. The molecule has 0 unspecified atom stereocenters. The standard InChI is InChI=1S/C52H94O15/c1-3-5-7-9-11-12-13-14-15-16-17-18-19-23-28-32-44(56)64-40(36-62-43(55)31-27-24-20-22-26-30-39-33-38(39)29-25-21-10-8-6-4-2)37-63-52-50(48(60)46(58)42(35-54)66-52)67-51-49(61)47(59)45(57)41(34-53)65-51/h14-15,38-42,45-54,57-61H,3-13,16-37H2,1-2H3/b15-14-/t38-,39-,40-,41-,42-,45+,46-,47+,48+,49-,50-,51-,52+/m1/s1. The van der Waals surface area contributed by atoms with E-state index in [1.165, 1.54) is 103 Å². The topological polar surface area (TPSA) is 231 Å². The zero-order valence-electron chi connectivity index (χ0n) is 41.4. The van der Waals surface area contributed by atoms with E-state index in [1.807, 2.05) is 0 Å². The number of hydrogen-bond donors (Lipinski definition) is 7. The van der Waals surface area contributed by atoms with Crippen molar-refractivity contribution in [3.05, 3.63) is 12.2 Å². The van der Waals surface area contributed by atoms with Crippen molar-refractivity contribution in [2.75, 3.05) is 26.4 Å². The van der Waals surface area contributed by atoms with Gasteiger partial charge in [0.15, 0.2) is 18.7 Å². The van der Waals surface area contributed by atoms with Crippen LogP contribution in [0.25, 0.3) is 0 Å². The first-order valence-corrected chi connectivity index (χ1v) is 26.7. The Balaban J connectivity index is 1.46. The van der Waals surface area contributed by atoms with Crippen LogP contribution in [0.15, 0.2) is 12.2 Å². The minimum Gasteiger partial charge on any atom is -0.462 e. The van der Waals surface area contributed by atoms with Crippen molar-refractivity contribution in [2.24, 2.45) is 11.8 Å². The molecule has 0 aromatic heterocycles. The number of hydrogen-bond acceptors (Lipinski definition) is 15. The monoisotopic (exact) mass is 959 g/mol. The maximum Gasteiger partial charge on any atom is 0.306 e. The summed E-state index contributed by atoms with van der Waals surface area (Å²) in [7, 11) is 0. The lowest BCUT2D eigenvalue weighted by molar-refractivity contribution is -0.368. The van der Waals surface area contributed by atoms with Gasteiger partial charge in [-0.15, -0.1) is 0 Å². The molecule has 3 fully saturated rings. The van der Waals surface area contributed by atoms with E-state index in [4.69, 9.17) is 28.4 Å². The highest BCUT2D eigenvalue weighted by molar-refractivity contribution is 5.70. The summed E-state index contributed by atoms with van der Waals surface area (Å²) in [4.78, 5) is 26.0. The molecular formula is C52H94O15. The molecule has 0 bridgehead atoms. The Morgan fingerprint density at radius 3 is 1.54 bits per heavy atom. The number of ether oxygens (including phenoxy) is 6. The number of aliphatic hydroxyl groups is 7.